The number of allylic oxidation sites excluding steroid dienone is 3. The van der Waals surface area contributed by atoms with Crippen molar-refractivity contribution < 1.29 is 9.18 Å². The zero-order valence-corrected chi connectivity index (χ0v) is 7.85. The third-order valence-electron chi connectivity index (χ3n) is 1.71. The summed E-state index contributed by atoms with van der Waals surface area (Å²) in [5.41, 5.74) is 0.664. The van der Waals surface area contributed by atoms with E-state index < -0.39 is 5.82 Å². The molecule has 0 aliphatic rings. The molecule has 0 fully saturated rings. The Morgan fingerprint density at radius 3 is 2.67 bits per heavy atom. The molecule has 0 atom stereocenters. The van der Waals surface area contributed by atoms with E-state index >= 15 is 0 Å². The number of rotatable bonds is 3. The Labute approximate surface area is 87.0 Å². The molecule has 0 saturated carbocycles. The van der Waals surface area contributed by atoms with Gasteiger partial charge in [0.25, 0.3) is 0 Å². The van der Waals surface area contributed by atoms with E-state index in [0.29, 0.717) is 11.8 Å². The maximum atomic E-state index is 13.3. The van der Waals surface area contributed by atoms with Crippen LogP contribution < -0.4 is 0 Å². The van der Waals surface area contributed by atoms with Crippen LogP contribution in [0.5, 0.6) is 0 Å². The Kier molecular flexibility index (Phi) is 3.99. The van der Waals surface area contributed by atoms with E-state index in [1.165, 1.54) is 36.4 Å². The monoisotopic (exact) mass is 201 g/mol. The summed E-state index contributed by atoms with van der Waals surface area (Å²) in [6.45, 7) is 0. The topological polar surface area (TPSA) is 40.9 Å². The fourth-order valence-electron chi connectivity index (χ4n) is 1.00. The molecule has 1 aromatic rings. The first-order valence-electron chi connectivity index (χ1n) is 4.26. The minimum absolute atomic E-state index is 0.285. The molecular formula is C12H8FNO. The lowest BCUT2D eigenvalue weighted by molar-refractivity contribution is -0.104. The molecule has 1 rings (SSSR count). The highest BCUT2D eigenvalue weighted by Crippen LogP contribution is 2.11. The van der Waals surface area contributed by atoms with Crippen LogP contribution in [-0.4, -0.2) is 6.29 Å². The van der Waals surface area contributed by atoms with Gasteiger partial charge in [0.2, 0.25) is 0 Å². The van der Waals surface area contributed by atoms with Crippen molar-refractivity contribution in [1.82, 2.24) is 0 Å². The van der Waals surface area contributed by atoms with Gasteiger partial charge in [0.15, 0.2) is 0 Å². The van der Waals surface area contributed by atoms with Gasteiger partial charge in [0.05, 0.1) is 11.6 Å². The number of nitriles is 1. The summed E-state index contributed by atoms with van der Waals surface area (Å²) in [5, 5.41) is 8.51. The van der Waals surface area contributed by atoms with Gasteiger partial charge < -0.3 is 0 Å². The van der Waals surface area contributed by atoms with E-state index in [1.54, 1.807) is 6.08 Å². The quantitative estimate of drug-likeness (QED) is 0.428. The van der Waals surface area contributed by atoms with Crippen LogP contribution >= 0.6 is 0 Å². The van der Waals surface area contributed by atoms with Crippen molar-refractivity contribution >= 4 is 12.4 Å². The van der Waals surface area contributed by atoms with Gasteiger partial charge in [-0.1, -0.05) is 24.3 Å². The maximum Gasteiger partial charge on any atom is 0.142 e. The maximum absolute atomic E-state index is 13.3. The van der Waals surface area contributed by atoms with Gasteiger partial charge in [-0.2, -0.15) is 5.26 Å². The summed E-state index contributed by atoms with van der Waals surface area (Å²) in [6.07, 6.45) is 6.53. The van der Waals surface area contributed by atoms with E-state index in [-0.39, 0.29) is 5.56 Å². The second-order valence-corrected chi connectivity index (χ2v) is 2.73. The molecule has 0 bridgehead atoms. The summed E-state index contributed by atoms with van der Waals surface area (Å²) in [4.78, 5) is 9.94. The molecule has 0 aliphatic heterocycles. The molecule has 0 spiro atoms. The molecule has 0 aromatic heterocycles. The van der Waals surface area contributed by atoms with Gasteiger partial charge >= 0.3 is 0 Å². The second kappa shape index (κ2) is 5.51. The van der Waals surface area contributed by atoms with Gasteiger partial charge in [0, 0.05) is 5.56 Å². The molecule has 1 aromatic carbocycles. The molecule has 0 radical (unpaired) electrons. The number of carbonyl (C=O) groups excluding carboxylic acids is 1. The lowest BCUT2D eigenvalue weighted by atomic mass is 10.1. The largest absolute Gasteiger partial charge is 0.299 e. The SMILES string of the molecule is N#Cc1ccc(/C=C/C=C/C=O)c(F)c1. The van der Waals surface area contributed by atoms with Crippen molar-refractivity contribution in [2.45, 2.75) is 0 Å². The number of hydrogen-bond acceptors (Lipinski definition) is 2. The number of carbonyl (C=O) groups is 1. The van der Waals surface area contributed by atoms with Crippen LogP contribution in [0, 0.1) is 17.1 Å². The number of aldehydes is 1. The van der Waals surface area contributed by atoms with Crippen molar-refractivity contribution in [3.8, 4) is 6.07 Å². The Hall–Kier alpha value is -2.21. The van der Waals surface area contributed by atoms with Crippen LogP contribution in [0.25, 0.3) is 6.08 Å². The van der Waals surface area contributed by atoms with Crippen LogP contribution in [0.3, 0.4) is 0 Å². The number of nitrogens with zero attached hydrogens (tertiary/aromatic N) is 1. The average molecular weight is 201 g/mol. The summed E-state index contributed by atoms with van der Waals surface area (Å²) >= 11 is 0. The van der Waals surface area contributed by atoms with E-state index in [9.17, 15) is 9.18 Å². The lowest BCUT2D eigenvalue weighted by Gasteiger charge is -1.95. The Bertz CT molecular complexity index is 455. The van der Waals surface area contributed by atoms with E-state index in [1.807, 2.05) is 6.07 Å². The molecule has 0 heterocycles. The van der Waals surface area contributed by atoms with Crippen molar-refractivity contribution in [2.75, 3.05) is 0 Å². The van der Waals surface area contributed by atoms with Gasteiger partial charge in [-0.15, -0.1) is 0 Å². The smallest absolute Gasteiger partial charge is 0.142 e. The lowest BCUT2D eigenvalue weighted by Crippen LogP contribution is -1.83. The Morgan fingerprint density at radius 1 is 1.27 bits per heavy atom. The van der Waals surface area contributed by atoms with Gasteiger partial charge in [-0.05, 0) is 18.2 Å². The Morgan fingerprint density at radius 2 is 2.07 bits per heavy atom. The normalized spacial score (nSPS) is 10.7. The van der Waals surface area contributed by atoms with Crippen molar-refractivity contribution in [1.29, 1.82) is 5.26 Å². The number of hydrogen-bond donors (Lipinski definition) is 0. The molecule has 3 heteroatoms. The molecule has 0 saturated heterocycles. The van der Waals surface area contributed by atoms with E-state index in [4.69, 9.17) is 5.26 Å². The van der Waals surface area contributed by atoms with Gasteiger partial charge in [-0.3, -0.25) is 4.79 Å². The van der Waals surface area contributed by atoms with Crippen molar-refractivity contribution in [3.05, 3.63) is 53.4 Å². The standard InChI is InChI=1S/C12H8FNO/c13-12-8-10(9-14)5-6-11(12)4-2-1-3-7-15/h1-8H/b3-1+,4-2+. The molecule has 0 N–H and O–H groups in total. The zero-order chi connectivity index (χ0) is 11.1. The molecule has 74 valence electrons. The highest BCUT2D eigenvalue weighted by atomic mass is 19.1. The number of benzene rings is 1. The Balaban J connectivity index is 2.88. The predicted molar refractivity (Wildman–Crippen MR) is 55.4 cm³/mol. The molecule has 15 heavy (non-hydrogen) atoms. The van der Waals surface area contributed by atoms with Crippen LogP contribution in [0.15, 0.2) is 36.4 Å². The zero-order valence-electron chi connectivity index (χ0n) is 7.85. The first-order chi connectivity index (χ1) is 7.27. The third kappa shape index (κ3) is 3.20. The van der Waals surface area contributed by atoms with Crippen LogP contribution in [0.1, 0.15) is 11.1 Å². The van der Waals surface area contributed by atoms with Gasteiger partial charge in [0.1, 0.15) is 12.1 Å². The van der Waals surface area contributed by atoms with Crippen LogP contribution in [0.4, 0.5) is 4.39 Å². The summed E-state index contributed by atoms with van der Waals surface area (Å²) in [5.74, 6) is -0.454. The van der Waals surface area contributed by atoms with Crippen molar-refractivity contribution in [2.24, 2.45) is 0 Å². The highest BCUT2D eigenvalue weighted by molar-refractivity contribution is 5.66. The highest BCUT2D eigenvalue weighted by Gasteiger charge is 1.98. The summed E-state index contributed by atoms with van der Waals surface area (Å²) in [7, 11) is 0. The summed E-state index contributed by atoms with van der Waals surface area (Å²) in [6, 6.07) is 6.06. The van der Waals surface area contributed by atoms with E-state index in [0.717, 1.165) is 0 Å². The molecule has 0 unspecified atom stereocenters. The fraction of sp³-hybridized carbons (Fsp3) is 0. The minimum atomic E-state index is -0.454. The molecule has 2 nitrogen and oxygen atoms in total. The first kappa shape index (κ1) is 10.9. The van der Waals surface area contributed by atoms with Gasteiger partial charge in [-0.25, -0.2) is 4.39 Å². The molecule has 0 amide bonds. The average Bonchev–Trinajstić information content (AvgIpc) is 2.26. The van der Waals surface area contributed by atoms with Crippen LogP contribution in [-0.2, 0) is 4.79 Å². The first-order valence-corrected chi connectivity index (χ1v) is 4.26. The number of halogens is 1. The van der Waals surface area contributed by atoms with Crippen molar-refractivity contribution in [3.63, 3.8) is 0 Å². The van der Waals surface area contributed by atoms with E-state index in [2.05, 4.69) is 0 Å². The molecular weight excluding hydrogens is 193 g/mol. The molecule has 0 aliphatic carbocycles. The third-order valence-corrected chi connectivity index (χ3v) is 1.71. The minimum Gasteiger partial charge on any atom is -0.299 e. The predicted octanol–water partition coefficient (Wildman–Crippen LogP) is 2.47. The summed E-state index contributed by atoms with van der Waals surface area (Å²) < 4.78 is 13.3. The van der Waals surface area contributed by atoms with Crippen LogP contribution in [0.2, 0.25) is 0 Å². The second-order valence-electron chi connectivity index (χ2n) is 2.73. The fourth-order valence-corrected chi connectivity index (χ4v) is 1.00.